The van der Waals surface area contributed by atoms with Gasteiger partial charge in [-0.3, -0.25) is 4.79 Å². The highest BCUT2D eigenvalue weighted by molar-refractivity contribution is 5.66. The summed E-state index contributed by atoms with van der Waals surface area (Å²) in [5.41, 5.74) is 0.216. The zero-order valence-electron chi connectivity index (χ0n) is 17.9. The molecular weight excluding hydrogens is 352 g/mol. The maximum Gasteiger partial charge on any atom is 0.303 e. The van der Waals surface area contributed by atoms with Gasteiger partial charge in [0.2, 0.25) is 0 Å². The summed E-state index contributed by atoms with van der Waals surface area (Å²) in [4.78, 5) is 11.1. The molecule has 4 fully saturated rings. The van der Waals surface area contributed by atoms with Crippen molar-refractivity contribution in [1.82, 2.24) is 0 Å². The third kappa shape index (κ3) is 3.05. The predicted molar refractivity (Wildman–Crippen MR) is 109 cm³/mol. The Morgan fingerprint density at radius 2 is 1.79 bits per heavy atom. The maximum atomic E-state index is 11.5. The zero-order valence-corrected chi connectivity index (χ0v) is 17.9. The van der Waals surface area contributed by atoms with Crippen molar-refractivity contribution >= 4 is 5.97 Å². The number of aliphatic carboxylic acids is 1. The van der Waals surface area contributed by atoms with E-state index in [0.29, 0.717) is 35.5 Å². The standard InChI is InChI=1S/C24H40O4/c1-14(4-9-22(27)28)18-7-8-19-17-6-5-15-12-16(25)10-11-23(15,2)20(17)13-21(26)24(18,19)3/h14-21,25-26H,4-13H2,1-3H3,(H,27,28)/t14-,15+,16+,17+,18+,19-,20-,21-,23+,24-/m1/s1. The number of hydrogen-bond acceptors (Lipinski definition) is 3. The molecule has 0 spiro atoms. The molecule has 4 aliphatic carbocycles. The van der Waals surface area contributed by atoms with Gasteiger partial charge in [0, 0.05) is 6.42 Å². The number of carboxylic acids is 1. The summed E-state index contributed by atoms with van der Waals surface area (Å²) in [5, 5.41) is 30.8. The number of hydrogen-bond donors (Lipinski definition) is 3. The highest BCUT2D eigenvalue weighted by Crippen LogP contribution is 2.68. The van der Waals surface area contributed by atoms with Crippen LogP contribution in [0.5, 0.6) is 0 Å². The molecule has 28 heavy (non-hydrogen) atoms. The molecule has 0 heterocycles. The number of aliphatic hydroxyl groups is 2. The van der Waals surface area contributed by atoms with Crippen molar-refractivity contribution in [3.8, 4) is 0 Å². The van der Waals surface area contributed by atoms with E-state index in [0.717, 1.165) is 38.5 Å². The van der Waals surface area contributed by atoms with Gasteiger partial charge in [-0.05, 0) is 104 Å². The van der Waals surface area contributed by atoms with Crippen molar-refractivity contribution in [1.29, 1.82) is 0 Å². The van der Waals surface area contributed by atoms with Crippen molar-refractivity contribution in [2.45, 2.75) is 97.2 Å². The van der Waals surface area contributed by atoms with Crippen LogP contribution in [-0.4, -0.2) is 33.5 Å². The van der Waals surface area contributed by atoms with Crippen LogP contribution in [0.2, 0.25) is 0 Å². The van der Waals surface area contributed by atoms with E-state index < -0.39 is 5.97 Å². The first-order valence-electron chi connectivity index (χ1n) is 11.8. The lowest BCUT2D eigenvalue weighted by molar-refractivity contribution is -0.175. The van der Waals surface area contributed by atoms with Crippen LogP contribution >= 0.6 is 0 Å². The zero-order chi connectivity index (χ0) is 20.3. The van der Waals surface area contributed by atoms with Gasteiger partial charge in [0.15, 0.2) is 0 Å². The highest BCUT2D eigenvalue weighted by Gasteiger charge is 2.63. The van der Waals surface area contributed by atoms with Gasteiger partial charge in [0.25, 0.3) is 0 Å². The topological polar surface area (TPSA) is 77.8 Å². The van der Waals surface area contributed by atoms with Gasteiger partial charge >= 0.3 is 5.97 Å². The number of carboxylic acid groups (broad SMARTS) is 1. The number of carbonyl (C=O) groups is 1. The molecule has 0 aromatic rings. The minimum Gasteiger partial charge on any atom is -0.481 e. The van der Waals surface area contributed by atoms with Crippen LogP contribution in [0.25, 0.3) is 0 Å². The fourth-order valence-corrected chi connectivity index (χ4v) is 8.71. The molecule has 3 N–H and O–H groups in total. The smallest absolute Gasteiger partial charge is 0.303 e. The van der Waals surface area contributed by atoms with Crippen LogP contribution in [0.15, 0.2) is 0 Å². The average Bonchev–Trinajstić information content (AvgIpc) is 3.00. The Morgan fingerprint density at radius 1 is 1.04 bits per heavy atom. The number of aliphatic hydroxyl groups excluding tert-OH is 2. The maximum absolute atomic E-state index is 11.5. The Morgan fingerprint density at radius 3 is 2.50 bits per heavy atom. The highest BCUT2D eigenvalue weighted by atomic mass is 16.4. The Balaban J connectivity index is 1.56. The van der Waals surface area contributed by atoms with Crippen LogP contribution in [0.3, 0.4) is 0 Å². The average molecular weight is 393 g/mol. The van der Waals surface area contributed by atoms with E-state index in [2.05, 4.69) is 20.8 Å². The summed E-state index contributed by atoms with van der Waals surface area (Å²) in [5.74, 6) is 2.55. The molecule has 4 aliphatic rings. The summed E-state index contributed by atoms with van der Waals surface area (Å²) in [6.45, 7) is 6.99. The molecule has 0 aromatic carbocycles. The van der Waals surface area contributed by atoms with Gasteiger partial charge in [0.05, 0.1) is 12.2 Å². The Kier molecular flexibility index (Phi) is 5.36. The lowest BCUT2D eigenvalue weighted by atomic mass is 9.43. The van der Waals surface area contributed by atoms with Crippen molar-refractivity contribution in [3.05, 3.63) is 0 Å². The second-order valence-electron chi connectivity index (χ2n) is 11.3. The van der Waals surface area contributed by atoms with Crippen LogP contribution in [0, 0.1) is 46.3 Å². The van der Waals surface area contributed by atoms with Gasteiger partial charge in [-0.1, -0.05) is 20.8 Å². The second kappa shape index (κ2) is 7.27. The summed E-state index contributed by atoms with van der Waals surface area (Å²) in [6, 6.07) is 0. The monoisotopic (exact) mass is 392 g/mol. The van der Waals surface area contributed by atoms with Crippen LogP contribution in [0.1, 0.15) is 85.0 Å². The van der Waals surface area contributed by atoms with E-state index in [4.69, 9.17) is 5.11 Å². The third-order valence-corrected chi connectivity index (χ3v) is 10.3. The predicted octanol–water partition coefficient (Wildman–Crippen LogP) is 4.48. The van der Waals surface area contributed by atoms with Gasteiger partial charge in [0.1, 0.15) is 0 Å². The largest absolute Gasteiger partial charge is 0.481 e. The first kappa shape index (κ1) is 20.7. The summed E-state index contributed by atoms with van der Waals surface area (Å²) < 4.78 is 0. The third-order valence-electron chi connectivity index (χ3n) is 10.3. The second-order valence-corrected chi connectivity index (χ2v) is 11.3. The first-order chi connectivity index (χ1) is 13.2. The quantitative estimate of drug-likeness (QED) is 0.659. The summed E-state index contributed by atoms with van der Waals surface area (Å²) in [6.07, 6.45) is 9.26. The van der Waals surface area contributed by atoms with Gasteiger partial charge < -0.3 is 15.3 Å². The van der Waals surface area contributed by atoms with Crippen molar-refractivity contribution in [2.24, 2.45) is 46.3 Å². The van der Waals surface area contributed by atoms with E-state index in [1.807, 2.05) is 0 Å². The minimum atomic E-state index is -0.707. The van der Waals surface area contributed by atoms with Crippen molar-refractivity contribution < 1.29 is 20.1 Å². The molecular formula is C24H40O4. The van der Waals surface area contributed by atoms with Gasteiger partial charge in [-0.25, -0.2) is 0 Å². The number of fused-ring (bicyclic) bond motifs is 5. The molecule has 0 saturated heterocycles. The molecule has 0 radical (unpaired) electrons. The summed E-state index contributed by atoms with van der Waals surface area (Å²) in [7, 11) is 0. The van der Waals surface area contributed by atoms with E-state index in [9.17, 15) is 15.0 Å². The molecule has 0 amide bonds. The normalized spacial score (nSPS) is 51.7. The minimum absolute atomic E-state index is 0.0591. The van der Waals surface area contributed by atoms with Crippen molar-refractivity contribution in [3.63, 3.8) is 0 Å². The Bertz CT molecular complexity index is 605. The van der Waals surface area contributed by atoms with Crippen LogP contribution in [0.4, 0.5) is 0 Å². The van der Waals surface area contributed by atoms with E-state index in [1.165, 1.54) is 19.3 Å². The Hall–Kier alpha value is -0.610. The fourth-order valence-electron chi connectivity index (χ4n) is 8.71. The van der Waals surface area contributed by atoms with Crippen LogP contribution < -0.4 is 0 Å². The lowest BCUT2D eigenvalue weighted by Crippen LogP contribution is -2.58. The molecule has 10 atom stereocenters. The van der Waals surface area contributed by atoms with Crippen LogP contribution in [-0.2, 0) is 4.79 Å². The van der Waals surface area contributed by atoms with Gasteiger partial charge in [-0.15, -0.1) is 0 Å². The van der Waals surface area contributed by atoms with E-state index in [-0.39, 0.29) is 29.5 Å². The Labute approximate surface area is 170 Å². The first-order valence-corrected chi connectivity index (χ1v) is 11.8. The summed E-state index contributed by atoms with van der Waals surface area (Å²) >= 11 is 0. The molecule has 160 valence electrons. The lowest BCUT2D eigenvalue weighted by Gasteiger charge is -2.62. The molecule has 4 saturated carbocycles. The number of rotatable bonds is 4. The molecule has 4 nitrogen and oxygen atoms in total. The molecule has 0 aromatic heterocycles. The van der Waals surface area contributed by atoms with E-state index in [1.54, 1.807) is 0 Å². The molecule has 4 heteroatoms. The molecule has 0 aliphatic heterocycles. The van der Waals surface area contributed by atoms with Gasteiger partial charge in [-0.2, -0.15) is 0 Å². The SMILES string of the molecule is C[C@H](CCC(=O)O)[C@@H]1CC[C@@H]2[C@@H]3CC[C@H]4C[C@@H](O)CC[C@]4(C)[C@@H]3C[C@@H](O)[C@@]21C. The molecule has 4 rings (SSSR count). The fraction of sp³-hybridized carbons (Fsp3) is 0.958. The molecule has 0 unspecified atom stereocenters. The molecule has 0 bridgehead atoms. The van der Waals surface area contributed by atoms with Crippen molar-refractivity contribution in [2.75, 3.05) is 0 Å². The van der Waals surface area contributed by atoms with E-state index >= 15 is 0 Å².